The summed E-state index contributed by atoms with van der Waals surface area (Å²) in [6, 6.07) is 8.79. The molecule has 0 aliphatic heterocycles. The Bertz CT molecular complexity index is 1060. The molecule has 27 heavy (non-hydrogen) atoms. The van der Waals surface area contributed by atoms with Crippen LogP contribution in [0.2, 0.25) is 0 Å². The first-order valence-corrected chi connectivity index (χ1v) is 8.65. The Balaban J connectivity index is 1.77. The highest BCUT2D eigenvalue weighted by molar-refractivity contribution is 5.97. The van der Waals surface area contributed by atoms with E-state index >= 15 is 0 Å². The molecule has 0 aliphatic carbocycles. The fourth-order valence-corrected chi connectivity index (χ4v) is 3.01. The first-order valence-electron chi connectivity index (χ1n) is 8.65. The van der Waals surface area contributed by atoms with E-state index < -0.39 is 23.5 Å². The zero-order valence-electron chi connectivity index (χ0n) is 15.2. The fraction of sp³-hybridized carbons (Fsp3) is 0.250. The number of fused-ring (bicyclic) bond motifs is 1. The van der Waals surface area contributed by atoms with Gasteiger partial charge in [0.2, 0.25) is 5.91 Å². The quantitative estimate of drug-likeness (QED) is 0.616. The number of benzene rings is 1. The Kier molecular flexibility index (Phi) is 5.12. The molecule has 0 aliphatic rings. The fourth-order valence-electron chi connectivity index (χ4n) is 3.01. The van der Waals surface area contributed by atoms with Crippen molar-refractivity contribution in [2.24, 2.45) is 5.73 Å². The van der Waals surface area contributed by atoms with Gasteiger partial charge < -0.3 is 20.5 Å². The average Bonchev–Trinajstić information content (AvgIpc) is 3.02. The zero-order valence-corrected chi connectivity index (χ0v) is 15.2. The van der Waals surface area contributed by atoms with Crippen LogP contribution in [0.25, 0.3) is 10.9 Å². The monoisotopic (exact) mass is 367 g/mol. The van der Waals surface area contributed by atoms with E-state index in [0.29, 0.717) is 24.2 Å². The summed E-state index contributed by atoms with van der Waals surface area (Å²) in [5.74, 6) is -0.848. The molecular formula is C20H21N3O4. The summed E-state index contributed by atoms with van der Waals surface area (Å²) in [4.78, 5) is 38.8. The van der Waals surface area contributed by atoms with Crippen molar-refractivity contribution in [1.82, 2.24) is 10.3 Å². The number of hydrogen-bond donors (Lipinski definition) is 3. The Labute approximate surface area is 155 Å². The highest BCUT2D eigenvalue weighted by Crippen LogP contribution is 2.19. The summed E-state index contributed by atoms with van der Waals surface area (Å²) in [5, 5.41) is 3.53. The molecule has 0 fully saturated rings. The molecule has 2 aromatic heterocycles. The van der Waals surface area contributed by atoms with Crippen LogP contribution in [0, 0.1) is 6.92 Å². The van der Waals surface area contributed by atoms with Crippen LogP contribution in [0.3, 0.4) is 0 Å². The van der Waals surface area contributed by atoms with Gasteiger partial charge >= 0.3 is 5.63 Å². The highest BCUT2D eigenvalue weighted by Gasteiger charge is 2.20. The van der Waals surface area contributed by atoms with Gasteiger partial charge in [-0.15, -0.1) is 0 Å². The van der Waals surface area contributed by atoms with Crippen LogP contribution in [0.5, 0.6) is 0 Å². The topological polar surface area (TPSA) is 118 Å². The number of H-pyrrole nitrogens is 1. The van der Waals surface area contributed by atoms with Gasteiger partial charge in [-0.1, -0.05) is 18.2 Å². The molecule has 140 valence electrons. The van der Waals surface area contributed by atoms with Gasteiger partial charge in [0.1, 0.15) is 17.4 Å². The van der Waals surface area contributed by atoms with Crippen LogP contribution >= 0.6 is 0 Å². The maximum Gasteiger partial charge on any atom is 0.349 e. The minimum atomic E-state index is -0.877. The molecule has 7 heteroatoms. The van der Waals surface area contributed by atoms with E-state index in [1.807, 2.05) is 30.5 Å². The predicted octanol–water partition coefficient (Wildman–Crippen LogP) is 1.82. The van der Waals surface area contributed by atoms with Gasteiger partial charge in [0.15, 0.2) is 0 Å². The molecule has 2 amide bonds. The Hall–Kier alpha value is -3.35. The molecule has 0 spiro atoms. The number of aryl methyl sites for hydroxylation is 3. The van der Waals surface area contributed by atoms with Crippen LogP contribution in [-0.2, 0) is 17.6 Å². The van der Waals surface area contributed by atoms with Crippen molar-refractivity contribution in [2.45, 2.75) is 32.7 Å². The third-order valence-corrected chi connectivity index (χ3v) is 4.52. The molecule has 0 saturated carbocycles. The minimum absolute atomic E-state index is 0.112. The van der Waals surface area contributed by atoms with Gasteiger partial charge in [0, 0.05) is 23.5 Å². The molecule has 0 saturated heterocycles. The van der Waals surface area contributed by atoms with Crippen LogP contribution < -0.4 is 16.7 Å². The third kappa shape index (κ3) is 3.92. The lowest BCUT2D eigenvalue weighted by Crippen LogP contribution is -2.43. The minimum Gasteiger partial charge on any atom is -0.427 e. The normalized spacial score (nSPS) is 12.1. The third-order valence-electron chi connectivity index (χ3n) is 4.52. The van der Waals surface area contributed by atoms with Crippen LogP contribution in [0.1, 0.15) is 34.2 Å². The Morgan fingerprint density at radius 2 is 2.00 bits per heavy atom. The lowest BCUT2D eigenvalue weighted by molar-refractivity contribution is -0.119. The largest absolute Gasteiger partial charge is 0.427 e. The van der Waals surface area contributed by atoms with Crippen molar-refractivity contribution < 1.29 is 14.0 Å². The number of aromatic amines is 1. The summed E-state index contributed by atoms with van der Waals surface area (Å²) < 4.78 is 5.32. The second kappa shape index (κ2) is 7.49. The molecule has 2 heterocycles. The summed E-state index contributed by atoms with van der Waals surface area (Å²) in [6.07, 6.45) is 3.16. The zero-order chi connectivity index (χ0) is 19.6. The van der Waals surface area contributed by atoms with Gasteiger partial charge in [-0.25, -0.2) is 4.79 Å². The van der Waals surface area contributed by atoms with Gasteiger partial charge in [-0.3, -0.25) is 9.59 Å². The van der Waals surface area contributed by atoms with E-state index in [0.717, 1.165) is 16.5 Å². The van der Waals surface area contributed by atoms with Crippen molar-refractivity contribution >= 4 is 22.7 Å². The molecule has 3 rings (SSSR count). The van der Waals surface area contributed by atoms with Crippen molar-refractivity contribution in [2.75, 3.05) is 0 Å². The number of nitrogens with one attached hydrogen (secondary N) is 2. The maximum absolute atomic E-state index is 12.3. The van der Waals surface area contributed by atoms with Crippen molar-refractivity contribution in [1.29, 1.82) is 0 Å². The van der Waals surface area contributed by atoms with Crippen LogP contribution in [-0.4, -0.2) is 22.8 Å². The molecule has 0 radical (unpaired) electrons. The van der Waals surface area contributed by atoms with Gasteiger partial charge in [-0.05, 0) is 43.5 Å². The first-order chi connectivity index (χ1) is 12.9. The summed E-state index contributed by atoms with van der Waals surface area (Å²) in [7, 11) is 0. The number of para-hydroxylation sites is 1. The molecule has 3 aromatic rings. The van der Waals surface area contributed by atoms with E-state index in [-0.39, 0.29) is 5.56 Å². The average molecular weight is 367 g/mol. The number of nitrogens with two attached hydrogens (primary N) is 1. The second-order valence-electron chi connectivity index (χ2n) is 6.52. The highest BCUT2D eigenvalue weighted by atomic mass is 16.4. The van der Waals surface area contributed by atoms with Gasteiger partial charge in [-0.2, -0.15) is 0 Å². The van der Waals surface area contributed by atoms with Crippen LogP contribution in [0.4, 0.5) is 0 Å². The van der Waals surface area contributed by atoms with Crippen molar-refractivity contribution in [3.8, 4) is 0 Å². The summed E-state index contributed by atoms with van der Waals surface area (Å²) in [5.41, 5.74) is 6.97. The predicted molar refractivity (Wildman–Crippen MR) is 102 cm³/mol. The molecule has 7 nitrogen and oxygen atoms in total. The lowest BCUT2D eigenvalue weighted by Gasteiger charge is -2.11. The molecular weight excluding hydrogens is 346 g/mol. The molecule has 0 unspecified atom stereocenters. The Morgan fingerprint density at radius 3 is 2.70 bits per heavy atom. The maximum atomic E-state index is 12.3. The molecule has 1 atom stereocenters. The summed E-state index contributed by atoms with van der Waals surface area (Å²) in [6.45, 7) is 3.11. The number of carbonyl (C=O) groups excluding carboxylic acids is 2. The van der Waals surface area contributed by atoms with E-state index in [2.05, 4.69) is 10.3 Å². The molecule has 4 N–H and O–H groups in total. The number of carbonyl (C=O) groups is 2. The summed E-state index contributed by atoms with van der Waals surface area (Å²) >= 11 is 0. The van der Waals surface area contributed by atoms with Gasteiger partial charge in [0.25, 0.3) is 5.91 Å². The van der Waals surface area contributed by atoms with E-state index in [4.69, 9.17) is 10.2 Å². The van der Waals surface area contributed by atoms with E-state index in [9.17, 15) is 14.4 Å². The number of aromatic nitrogens is 1. The molecule has 1 aromatic carbocycles. The number of hydrogen-bond acceptors (Lipinski definition) is 4. The molecule has 0 bridgehead atoms. The smallest absolute Gasteiger partial charge is 0.349 e. The standard InChI is InChI=1S/C20H21N3O4/c1-11-9-14(8-7-13-10-22-16-6-4-3-5-15(13)16)27-20(26)17(11)19(25)23-12(2)18(21)24/h3-6,9-10,12,22H,7-8H2,1-2H3,(H2,21,24)(H,23,25)/t12-/m1/s1. The van der Waals surface area contributed by atoms with Crippen LogP contribution in [0.15, 0.2) is 45.7 Å². The first kappa shape index (κ1) is 18.4. The number of rotatable bonds is 6. The SMILES string of the molecule is Cc1cc(CCc2c[nH]c3ccccc23)oc(=O)c1C(=O)N[C@H](C)C(N)=O. The van der Waals surface area contributed by atoms with E-state index in [1.165, 1.54) is 6.92 Å². The second-order valence-corrected chi connectivity index (χ2v) is 6.52. The van der Waals surface area contributed by atoms with Gasteiger partial charge in [0.05, 0.1) is 0 Å². The van der Waals surface area contributed by atoms with Crippen molar-refractivity contribution in [3.05, 3.63) is 69.4 Å². The Morgan fingerprint density at radius 1 is 1.26 bits per heavy atom. The van der Waals surface area contributed by atoms with Crippen molar-refractivity contribution in [3.63, 3.8) is 0 Å². The number of primary amides is 1. The number of amides is 2. The van der Waals surface area contributed by atoms with E-state index in [1.54, 1.807) is 13.0 Å². The lowest BCUT2D eigenvalue weighted by atomic mass is 10.1.